The van der Waals surface area contributed by atoms with Crippen LogP contribution < -0.4 is 10.6 Å². The first-order chi connectivity index (χ1) is 12.1. The van der Waals surface area contributed by atoms with Gasteiger partial charge in [0.05, 0.1) is 11.1 Å². The summed E-state index contributed by atoms with van der Waals surface area (Å²) >= 11 is 0. The molecule has 1 aromatic carbocycles. The molecular weight excluding hydrogens is 326 g/mol. The molecule has 1 saturated heterocycles. The van der Waals surface area contributed by atoms with Gasteiger partial charge in [0, 0.05) is 25.7 Å². The zero-order chi connectivity index (χ0) is 17.6. The van der Waals surface area contributed by atoms with Crippen molar-refractivity contribution in [2.75, 3.05) is 23.7 Å². The van der Waals surface area contributed by atoms with E-state index in [0.717, 1.165) is 32.0 Å². The summed E-state index contributed by atoms with van der Waals surface area (Å²) in [5, 5.41) is 4.74. The second kappa shape index (κ2) is 5.94. The van der Waals surface area contributed by atoms with Gasteiger partial charge in [-0.1, -0.05) is 6.07 Å². The number of benzene rings is 1. The highest BCUT2D eigenvalue weighted by Crippen LogP contribution is 2.34. The van der Waals surface area contributed by atoms with E-state index >= 15 is 0 Å². The summed E-state index contributed by atoms with van der Waals surface area (Å²) in [4.78, 5) is 11.1. The summed E-state index contributed by atoms with van der Waals surface area (Å²) in [7, 11) is 1.68. The molecule has 1 aliphatic rings. The van der Waals surface area contributed by atoms with Gasteiger partial charge >= 0.3 is 0 Å². The molecule has 1 aliphatic heterocycles. The van der Waals surface area contributed by atoms with Crippen molar-refractivity contribution in [1.29, 1.82) is 0 Å². The molecule has 2 aromatic heterocycles. The lowest BCUT2D eigenvalue weighted by molar-refractivity contribution is 0.511. The molecule has 2 N–H and O–H groups in total. The van der Waals surface area contributed by atoms with Crippen molar-refractivity contribution in [3.8, 4) is 11.3 Å². The van der Waals surface area contributed by atoms with Gasteiger partial charge in [0.25, 0.3) is 0 Å². The Bertz CT molecular complexity index is 946. The third-order valence-corrected chi connectivity index (χ3v) is 4.57. The second-order valence-electron chi connectivity index (χ2n) is 6.23. The summed E-state index contributed by atoms with van der Waals surface area (Å²) in [5.41, 5.74) is 6.80. The predicted octanol–water partition coefficient (Wildman–Crippen LogP) is 2.88. The molecule has 130 valence electrons. The zero-order valence-corrected chi connectivity index (χ0v) is 13.8. The molecule has 0 bridgehead atoms. The molecule has 0 radical (unpaired) electrons. The van der Waals surface area contributed by atoms with Crippen molar-refractivity contribution in [3.05, 3.63) is 29.8 Å². The van der Waals surface area contributed by atoms with Crippen molar-refractivity contribution >= 4 is 22.8 Å². The summed E-state index contributed by atoms with van der Waals surface area (Å²) in [6.07, 6.45) is 3.27. The van der Waals surface area contributed by atoms with E-state index < -0.39 is 11.6 Å². The molecule has 3 aromatic rings. The van der Waals surface area contributed by atoms with Crippen LogP contribution in [0.1, 0.15) is 19.3 Å². The number of fused-ring (bicyclic) bond motifs is 1. The van der Waals surface area contributed by atoms with Gasteiger partial charge in [-0.05, 0) is 31.4 Å². The first-order valence-electron chi connectivity index (χ1n) is 8.26. The van der Waals surface area contributed by atoms with Crippen LogP contribution in [0.2, 0.25) is 0 Å². The molecule has 0 amide bonds. The lowest BCUT2D eigenvalue weighted by Gasteiger charge is -2.26. The van der Waals surface area contributed by atoms with Gasteiger partial charge in [-0.25, -0.2) is 13.8 Å². The molecule has 6 nitrogen and oxygen atoms in total. The highest BCUT2D eigenvalue weighted by molar-refractivity contribution is 5.99. The zero-order valence-electron chi connectivity index (χ0n) is 13.8. The van der Waals surface area contributed by atoms with Crippen molar-refractivity contribution in [3.63, 3.8) is 0 Å². The fourth-order valence-electron chi connectivity index (χ4n) is 3.22. The van der Waals surface area contributed by atoms with E-state index in [1.54, 1.807) is 7.05 Å². The van der Waals surface area contributed by atoms with Gasteiger partial charge < -0.3 is 10.6 Å². The fourth-order valence-corrected chi connectivity index (χ4v) is 3.22. The van der Waals surface area contributed by atoms with Crippen LogP contribution in [0.25, 0.3) is 22.3 Å². The second-order valence-corrected chi connectivity index (χ2v) is 6.23. The van der Waals surface area contributed by atoms with Gasteiger partial charge in [0.2, 0.25) is 5.95 Å². The number of halogens is 2. The van der Waals surface area contributed by atoms with Crippen LogP contribution in [0.15, 0.2) is 18.2 Å². The Morgan fingerprint density at radius 3 is 2.60 bits per heavy atom. The average molecular weight is 344 g/mol. The molecular formula is C17H18F2N6. The maximum absolute atomic E-state index is 14.4. The van der Waals surface area contributed by atoms with Crippen LogP contribution in [-0.2, 0) is 7.05 Å². The number of nitrogen functional groups attached to an aromatic ring is 1. The van der Waals surface area contributed by atoms with Crippen LogP contribution in [0.4, 0.5) is 20.5 Å². The predicted molar refractivity (Wildman–Crippen MR) is 92.1 cm³/mol. The molecule has 3 heterocycles. The summed E-state index contributed by atoms with van der Waals surface area (Å²) in [5.74, 6) is -1.08. The lowest BCUT2D eigenvalue weighted by atomic mass is 10.1. The van der Waals surface area contributed by atoms with E-state index in [-0.39, 0.29) is 11.3 Å². The maximum atomic E-state index is 14.4. The molecule has 8 heteroatoms. The number of rotatable bonds is 2. The largest absolute Gasteiger partial charge is 0.383 e. The Hall–Kier alpha value is -2.77. The monoisotopic (exact) mass is 344 g/mol. The normalized spacial score (nSPS) is 15.1. The highest BCUT2D eigenvalue weighted by Gasteiger charge is 2.23. The Balaban J connectivity index is 1.98. The molecule has 1 fully saturated rings. The van der Waals surface area contributed by atoms with Crippen molar-refractivity contribution < 1.29 is 8.78 Å². The van der Waals surface area contributed by atoms with Gasteiger partial charge in [-0.3, -0.25) is 4.68 Å². The SMILES string of the molecule is Cn1nc2nc(N3CCCCC3)nc(-c3cccc(F)c3F)c2c1N. The highest BCUT2D eigenvalue weighted by atomic mass is 19.2. The Kier molecular flexibility index (Phi) is 3.74. The average Bonchev–Trinajstić information content (AvgIpc) is 2.92. The first kappa shape index (κ1) is 15.7. The number of piperidine rings is 1. The van der Waals surface area contributed by atoms with Gasteiger partial charge in [-0.2, -0.15) is 10.1 Å². The first-order valence-corrected chi connectivity index (χ1v) is 8.26. The summed E-state index contributed by atoms with van der Waals surface area (Å²) in [6.45, 7) is 1.66. The minimum atomic E-state index is -0.949. The van der Waals surface area contributed by atoms with Crippen molar-refractivity contribution in [2.45, 2.75) is 19.3 Å². The van der Waals surface area contributed by atoms with E-state index in [4.69, 9.17) is 5.73 Å². The summed E-state index contributed by atoms with van der Waals surface area (Å²) < 4.78 is 29.6. The standard InChI is InChI=1S/C17H18F2N6/c1-24-15(20)12-14(10-6-5-7-11(18)13(10)19)21-17(22-16(12)23-24)25-8-3-2-4-9-25/h5-7H,2-4,8-9,20H2,1H3. The Morgan fingerprint density at radius 1 is 1.08 bits per heavy atom. The molecule has 0 aliphatic carbocycles. The van der Waals surface area contributed by atoms with E-state index in [0.29, 0.717) is 22.8 Å². The van der Waals surface area contributed by atoms with Gasteiger partial charge in [0.1, 0.15) is 5.82 Å². The van der Waals surface area contributed by atoms with Crippen molar-refractivity contribution in [1.82, 2.24) is 19.7 Å². The fraction of sp³-hybridized carbons (Fsp3) is 0.353. The summed E-state index contributed by atoms with van der Waals surface area (Å²) in [6, 6.07) is 4.02. The quantitative estimate of drug-likeness (QED) is 0.774. The third kappa shape index (κ3) is 2.57. The van der Waals surface area contributed by atoms with E-state index in [1.165, 1.54) is 23.2 Å². The van der Waals surface area contributed by atoms with E-state index in [2.05, 4.69) is 20.0 Å². The number of nitrogens with zero attached hydrogens (tertiary/aromatic N) is 5. The van der Waals surface area contributed by atoms with Gasteiger partial charge in [-0.15, -0.1) is 0 Å². The number of aryl methyl sites for hydroxylation is 1. The van der Waals surface area contributed by atoms with Crippen LogP contribution in [0.5, 0.6) is 0 Å². The van der Waals surface area contributed by atoms with E-state index in [1.807, 2.05) is 0 Å². The third-order valence-electron chi connectivity index (χ3n) is 4.57. The molecule has 0 spiro atoms. The molecule has 4 rings (SSSR count). The topological polar surface area (TPSA) is 72.9 Å². The van der Waals surface area contributed by atoms with Crippen LogP contribution >= 0.6 is 0 Å². The molecule has 25 heavy (non-hydrogen) atoms. The van der Waals surface area contributed by atoms with Gasteiger partial charge in [0.15, 0.2) is 17.3 Å². The number of aromatic nitrogens is 4. The minimum Gasteiger partial charge on any atom is -0.383 e. The van der Waals surface area contributed by atoms with Crippen LogP contribution in [-0.4, -0.2) is 32.8 Å². The minimum absolute atomic E-state index is 0.0605. The number of hydrogen-bond acceptors (Lipinski definition) is 5. The lowest BCUT2D eigenvalue weighted by Crippen LogP contribution is -2.31. The molecule has 0 atom stereocenters. The maximum Gasteiger partial charge on any atom is 0.228 e. The van der Waals surface area contributed by atoms with Crippen LogP contribution in [0.3, 0.4) is 0 Å². The molecule has 0 saturated carbocycles. The smallest absolute Gasteiger partial charge is 0.228 e. The Morgan fingerprint density at radius 2 is 1.84 bits per heavy atom. The van der Waals surface area contributed by atoms with Crippen molar-refractivity contribution in [2.24, 2.45) is 7.05 Å². The number of hydrogen-bond donors (Lipinski definition) is 1. The van der Waals surface area contributed by atoms with E-state index in [9.17, 15) is 8.78 Å². The number of anilines is 2. The molecule has 0 unspecified atom stereocenters. The Labute approximate surface area is 143 Å². The number of nitrogens with two attached hydrogens (primary N) is 1. The van der Waals surface area contributed by atoms with Crippen LogP contribution in [0, 0.1) is 11.6 Å².